The molecule has 3 nitrogen and oxygen atoms in total. The highest BCUT2D eigenvalue weighted by atomic mass is 19.4. The molecule has 0 spiro atoms. The largest absolute Gasteiger partial charge is 0.489 e. The predicted octanol–water partition coefficient (Wildman–Crippen LogP) is 6.12. The van der Waals surface area contributed by atoms with Crippen molar-refractivity contribution in [2.24, 2.45) is 0 Å². The average molecular weight is 444 g/mol. The lowest BCUT2D eigenvalue weighted by Crippen LogP contribution is -2.13. The second kappa shape index (κ2) is 8.64. The molecule has 9 heteroatoms. The predicted molar refractivity (Wildman–Crippen MR) is 100 cm³/mol. The lowest BCUT2D eigenvalue weighted by molar-refractivity contribution is -0.140. The number of allylic oxidation sites excluding steroid dienone is 1. The lowest BCUT2D eigenvalue weighted by atomic mass is 10.0. The standard InChI is InChI=1S/C22H18F6O3/c23-16-5-1-13(2-6-16)18-11-21(24,25)10-15(18)12-31-17-7-3-14(4-8-20(29)30)19(9-17)22(26,27)28/h1-3,5-7,9H,4,8,10-12H2,(H,29,30). The van der Waals surface area contributed by atoms with Crippen molar-refractivity contribution < 1.29 is 41.0 Å². The smallest absolute Gasteiger partial charge is 0.416 e. The van der Waals surface area contributed by atoms with Gasteiger partial charge in [0.1, 0.15) is 18.2 Å². The summed E-state index contributed by atoms with van der Waals surface area (Å²) in [5, 5.41) is 8.71. The van der Waals surface area contributed by atoms with Crippen LogP contribution in [0.3, 0.4) is 0 Å². The molecule has 0 unspecified atom stereocenters. The van der Waals surface area contributed by atoms with E-state index in [1.807, 2.05) is 0 Å². The first-order valence-corrected chi connectivity index (χ1v) is 9.34. The number of alkyl halides is 5. The first-order valence-electron chi connectivity index (χ1n) is 9.34. The molecular formula is C22H18F6O3. The molecular weight excluding hydrogens is 426 g/mol. The molecule has 0 atom stereocenters. The van der Waals surface area contributed by atoms with Crippen molar-refractivity contribution in [2.45, 2.75) is 37.8 Å². The fourth-order valence-corrected chi connectivity index (χ4v) is 3.50. The minimum atomic E-state index is -4.73. The Morgan fingerprint density at radius 3 is 2.35 bits per heavy atom. The minimum absolute atomic E-state index is 0.174. The number of rotatable bonds is 7. The Kier molecular flexibility index (Phi) is 6.33. The molecule has 166 valence electrons. The summed E-state index contributed by atoms with van der Waals surface area (Å²) in [7, 11) is 0. The van der Waals surface area contributed by atoms with Gasteiger partial charge in [-0.25, -0.2) is 13.2 Å². The summed E-state index contributed by atoms with van der Waals surface area (Å²) in [6.45, 7) is -0.353. The maximum atomic E-state index is 14.0. The van der Waals surface area contributed by atoms with Crippen LogP contribution in [0.5, 0.6) is 5.75 Å². The molecule has 1 aliphatic rings. The number of carbonyl (C=O) groups is 1. The molecule has 0 fully saturated rings. The summed E-state index contributed by atoms with van der Waals surface area (Å²) in [6.07, 6.45) is -6.68. The summed E-state index contributed by atoms with van der Waals surface area (Å²) < 4.78 is 86.6. The van der Waals surface area contributed by atoms with Crippen molar-refractivity contribution in [2.75, 3.05) is 6.61 Å². The van der Waals surface area contributed by atoms with Crippen molar-refractivity contribution in [3.05, 3.63) is 70.5 Å². The van der Waals surface area contributed by atoms with Crippen LogP contribution >= 0.6 is 0 Å². The first-order chi connectivity index (χ1) is 14.4. The average Bonchev–Trinajstić information content (AvgIpc) is 2.99. The molecule has 0 aliphatic heterocycles. The summed E-state index contributed by atoms with van der Waals surface area (Å²) in [4.78, 5) is 10.7. The molecule has 1 aliphatic carbocycles. The number of halogens is 6. The fourth-order valence-electron chi connectivity index (χ4n) is 3.50. The van der Waals surface area contributed by atoms with Crippen LogP contribution in [-0.2, 0) is 17.4 Å². The topological polar surface area (TPSA) is 46.5 Å². The molecule has 0 saturated heterocycles. The van der Waals surface area contributed by atoms with Gasteiger partial charge in [-0.05, 0) is 53.0 Å². The summed E-state index contributed by atoms with van der Waals surface area (Å²) >= 11 is 0. The molecule has 1 N–H and O–H groups in total. The molecule has 31 heavy (non-hydrogen) atoms. The van der Waals surface area contributed by atoms with E-state index in [1.54, 1.807) is 0 Å². The third kappa shape index (κ3) is 5.80. The highest BCUT2D eigenvalue weighted by molar-refractivity contribution is 5.72. The summed E-state index contributed by atoms with van der Waals surface area (Å²) in [5.74, 6) is -4.95. The highest BCUT2D eigenvalue weighted by Crippen LogP contribution is 2.44. The third-order valence-electron chi connectivity index (χ3n) is 4.93. The molecule has 0 saturated carbocycles. The molecule has 0 heterocycles. The van der Waals surface area contributed by atoms with Gasteiger partial charge in [0.05, 0.1) is 5.56 Å². The van der Waals surface area contributed by atoms with Gasteiger partial charge in [-0.3, -0.25) is 4.79 Å². The number of carboxylic acid groups (broad SMARTS) is 1. The van der Waals surface area contributed by atoms with Crippen molar-refractivity contribution in [3.63, 3.8) is 0 Å². The Bertz CT molecular complexity index is 993. The van der Waals surface area contributed by atoms with Gasteiger partial charge in [-0.1, -0.05) is 18.2 Å². The summed E-state index contributed by atoms with van der Waals surface area (Å²) in [5.41, 5.74) is -0.326. The second-order valence-corrected chi connectivity index (χ2v) is 7.30. The van der Waals surface area contributed by atoms with Crippen LogP contribution in [0.1, 0.15) is 36.0 Å². The number of carboxylic acids is 1. The van der Waals surface area contributed by atoms with Crippen LogP contribution in [0.25, 0.3) is 5.57 Å². The lowest BCUT2D eigenvalue weighted by Gasteiger charge is -2.15. The van der Waals surface area contributed by atoms with Gasteiger partial charge in [0, 0.05) is 19.3 Å². The van der Waals surface area contributed by atoms with E-state index in [1.165, 1.54) is 18.2 Å². The Hall–Kier alpha value is -2.97. The zero-order chi connectivity index (χ0) is 22.8. The van der Waals surface area contributed by atoms with Crippen LogP contribution in [-0.4, -0.2) is 23.6 Å². The van der Waals surface area contributed by atoms with Crippen molar-refractivity contribution in [1.82, 2.24) is 0 Å². The first kappa shape index (κ1) is 22.7. The van der Waals surface area contributed by atoms with E-state index in [0.717, 1.165) is 24.3 Å². The van der Waals surface area contributed by atoms with E-state index in [9.17, 15) is 31.1 Å². The monoisotopic (exact) mass is 444 g/mol. The number of ether oxygens (including phenoxy) is 1. The Balaban J connectivity index is 1.83. The zero-order valence-corrected chi connectivity index (χ0v) is 16.1. The van der Waals surface area contributed by atoms with Gasteiger partial charge in [0.15, 0.2) is 0 Å². The van der Waals surface area contributed by atoms with Gasteiger partial charge in [0.2, 0.25) is 0 Å². The van der Waals surface area contributed by atoms with Gasteiger partial charge < -0.3 is 9.84 Å². The van der Waals surface area contributed by atoms with Crippen LogP contribution in [0, 0.1) is 5.82 Å². The fraction of sp³-hybridized carbons (Fsp3) is 0.318. The molecule has 0 radical (unpaired) electrons. The normalized spacial score (nSPS) is 15.9. The van der Waals surface area contributed by atoms with E-state index >= 15 is 0 Å². The van der Waals surface area contributed by atoms with E-state index in [2.05, 4.69) is 0 Å². The van der Waals surface area contributed by atoms with E-state index in [-0.39, 0.29) is 35.5 Å². The maximum absolute atomic E-state index is 14.0. The molecule has 2 aromatic rings. The Morgan fingerprint density at radius 2 is 1.74 bits per heavy atom. The van der Waals surface area contributed by atoms with Crippen LogP contribution < -0.4 is 4.74 Å². The van der Waals surface area contributed by atoms with E-state index < -0.39 is 48.7 Å². The SMILES string of the molecule is O=C(O)CCc1ccc(OCC2=C(c3ccc(F)cc3)CC(F)(F)C2)cc1C(F)(F)F. The van der Waals surface area contributed by atoms with Crippen LogP contribution in [0.15, 0.2) is 48.0 Å². The number of aryl methyl sites for hydroxylation is 1. The Labute approximate surface area is 174 Å². The van der Waals surface area contributed by atoms with Crippen molar-refractivity contribution in [3.8, 4) is 5.75 Å². The van der Waals surface area contributed by atoms with Crippen molar-refractivity contribution >= 4 is 11.5 Å². The van der Waals surface area contributed by atoms with Crippen LogP contribution in [0.4, 0.5) is 26.3 Å². The Morgan fingerprint density at radius 1 is 1.06 bits per heavy atom. The number of hydrogen-bond acceptors (Lipinski definition) is 2. The molecule has 0 amide bonds. The zero-order valence-electron chi connectivity index (χ0n) is 16.1. The quantitative estimate of drug-likeness (QED) is 0.523. The number of benzene rings is 2. The van der Waals surface area contributed by atoms with Gasteiger partial charge in [0.25, 0.3) is 5.92 Å². The summed E-state index contributed by atoms with van der Waals surface area (Å²) in [6, 6.07) is 8.13. The van der Waals surface area contributed by atoms with E-state index in [0.29, 0.717) is 5.56 Å². The molecule has 2 aromatic carbocycles. The second-order valence-electron chi connectivity index (χ2n) is 7.30. The van der Waals surface area contributed by atoms with Crippen molar-refractivity contribution in [1.29, 1.82) is 0 Å². The maximum Gasteiger partial charge on any atom is 0.416 e. The van der Waals surface area contributed by atoms with Gasteiger partial charge >= 0.3 is 12.1 Å². The van der Waals surface area contributed by atoms with Crippen LogP contribution in [0.2, 0.25) is 0 Å². The molecule has 0 aromatic heterocycles. The number of hydrogen-bond donors (Lipinski definition) is 1. The minimum Gasteiger partial charge on any atom is -0.489 e. The molecule has 0 bridgehead atoms. The number of aliphatic carboxylic acids is 1. The molecule has 3 rings (SSSR count). The van der Waals surface area contributed by atoms with Gasteiger partial charge in [-0.2, -0.15) is 13.2 Å². The highest BCUT2D eigenvalue weighted by Gasteiger charge is 2.40. The third-order valence-corrected chi connectivity index (χ3v) is 4.93. The van der Waals surface area contributed by atoms with Gasteiger partial charge in [-0.15, -0.1) is 0 Å². The van der Waals surface area contributed by atoms with E-state index in [4.69, 9.17) is 9.84 Å².